The van der Waals surface area contributed by atoms with Gasteiger partial charge in [-0.25, -0.2) is 4.98 Å². The molecule has 0 saturated heterocycles. The molecule has 0 bridgehead atoms. The van der Waals surface area contributed by atoms with Gasteiger partial charge in [-0.2, -0.15) is 0 Å². The van der Waals surface area contributed by atoms with E-state index in [9.17, 15) is 5.11 Å². The number of hydrogen-bond acceptors (Lipinski definition) is 3. The topological polar surface area (TPSA) is 33.1 Å². The van der Waals surface area contributed by atoms with Crippen LogP contribution in [0.25, 0.3) is 0 Å². The Kier molecular flexibility index (Phi) is 2.30. The van der Waals surface area contributed by atoms with Crippen molar-refractivity contribution in [1.82, 2.24) is 4.98 Å². The van der Waals surface area contributed by atoms with Crippen molar-refractivity contribution in [2.24, 2.45) is 0 Å². The van der Waals surface area contributed by atoms with E-state index in [0.717, 1.165) is 5.69 Å². The Morgan fingerprint density at radius 1 is 1.64 bits per heavy atom. The lowest BCUT2D eigenvalue weighted by molar-refractivity contribution is 0.0816. The molecule has 0 spiro atoms. The Hall–Kier alpha value is -0.410. The maximum absolute atomic E-state index is 9.49. The summed E-state index contributed by atoms with van der Waals surface area (Å²) in [4.78, 5) is 5.29. The summed E-state index contributed by atoms with van der Waals surface area (Å²) >= 11 is 1.61. The van der Waals surface area contributed by atoms with Crippen LogP contribution in [-0.2, 0) is 6.42 Å². The number of thiazole rings is 1. The van der Waals surface area contributed by atoms with Gasteiger partial charge >= 0.3 is 0 Å². The van der Waals surface area contributed by atoms with E-state index < -0.39 is 5.60 Å². The summed E-state index contributed by atoms with van der Waals surface area (Å²) in [6, 6.07) is 0. The lowest BCUT2D eigenvalue weighted by atomic mass is 10.0. The van der Waals surface area contributed by atoms with Gasteiger partial charge in [-0.05, 0) is 20.8 Å². The molecule has 0 saturated carbocycles. The molecule has 11 heavy (non-hydrogen) atoms. The zero-order chi connectivity index (χ0) is 8.48. The minimum atomic E-state index is -0.614. The molecule has 0 unspecified atom stereocenters. The molecule has 0 aliphatic heterocycles. The Morgan fingerprint density at radius 2 is 2.27 bits per heavy atom. The Bertz CT molecular complexity index is 236. The van der Waals surface area contributed by atoms with Crippen molar-refractivity contribution in [3.63, 3.8) is 0 Å². The summed E-state index contributed by atoms with van der Waals surface area (Å²) in [5.74, 6) is 0. The predicted molar refractivity (Wildman–Crippen MR) is 46.9 cm³/mol. The molecule has 2 nitrogen and oxygen atoms in total. The molecule has 1 aromatic rings. The first kappa shape index (κ1) is 8.68. The molecule has 0 atom stereocenters. The van der Waals surface area contributed by atoms with Crippen LogP contribution in [0.5, 0.6) is 0 Å². The van der Waals surface area contributed by atoms with E-state index in [1.54, 1.807) is 11.3 Å². The van der Waals surface area contributed by atoms with Crippen LogP contribution < -0.4 is 0 Å². The second-order valence-corrected chi connectivity index (χ2v) is 4.29. The first-order valence-corrected chi connectivity index (χ1v) is 4.48. The van der Waals surface area contributed by atoms with Gasteiger partial charge in [0.2, 0.25) is 0 Å². The lowest BCUT2D eigenvalue weighted by Crippen LogP contribution is -2.21. The fourth-order valence-electron chi connectivity index (χ4n) is 0.889. The van der Waals surface area contributed by atoms with Crippen LogP contribution in [0.15, 0.2) is 5.51 Å². The molecular formula is C8H13NOS. The molecule has 3 heteroatoms. The molecule has 0 aliphatic carbocycles. The van der Waals surface area contributed by atoms with Gasteiger partial charge < -0.3 is 5.11 Å². The number of nitrogens with zero attached hydrogens (tertiary/aromatic N) is 1. The summed E-state index contributed by atoms with van der Waals surface area (Å²) in [5, 5.41) is 9.49. The zero-order valence-electron chi connectivity index (χ0n) is 7.09. The first-order valence-electron chi connectivity index (χ1n) is 3.60. The first-order chi connectivity index (χ1) is 4.99. The van der Waals surface area contributed by atoms with Gasteiger partial charge in [-0.1, -0.05) is 0 Å². The highest BCUT2D eigenvalue weighted by Crippen LogP contribution is 2.18. The van der Waals surface area contributed by atoms with E-state index in [1.165, 1.54) is 4.88 Å². The Balaban J connectivity index is 2.72. The second kappa shape index (κ2) is 2.91. The Labute approximate surface area is 70.9 Å². The molecule has 0 aromatic carbocycles. The number of rotatable bonds is 2. The molecule has 1 heterocycles. The van der Waals surface area contributed by atoms with Crippen molar-refractivity contribution in [3.05, 3.63) is 16.1 Å². The SMILES string of the molecule is Cc1ncsc1CC(C)(C)O. The highest BCUT2D eigenvalue weighted by atomic mass is 32.1. The van der Waals surface area contributed by atoms with Crippen molar-refractivity contribution in [2.45, 2.75) is 32.8 Å². The van der Waals surface area contributed by atoms with Crippen molar-refractivity contribution in [2.75, 3.05) is 0 Å². The third-order valence-electron chi connectivity index (χ3n) is 1.44. The average molecular weight is 171 g/mol. The van der Waals surface area contributed by atoms with E-state index >= 15 is 0 Å². The highest BCUT2D eigenvalue weighted by molar-refractivity contribution is 7.09. The van der Waals surface area contributed by atoms with E-state index in [-0.39, 0.29) is 0 Å². The highest BCUT2D eigenvalue weighted by Gasteiger charge is 2.15. The maximum Gasteiger partial charge on any atom is 0.0797 e. The predicted octanol–water partition coefficient (Wildman–Crippen LogP) is 1.76. The monoisotopic (exact) mass is 171 g/mol. The Morgan fingerprint density at radius 3 is 2.64 bits per heavy atom. The summed E-state index contributed by atoms with van der Waals surface area (Å²) < 4.78 is 0. The fourth-order valence-corrected chi connectivity index (χ4v) is 1.89. The third-order valence-corrected chi connectivity index (χ3v) is 2.37. The molecule has 1 rings (SSSR count). The van der Waals surface area contributed by atoms with Crippen LogP contribution in [-0.4, -0.2) is 15.7 Å². The smallest absolute Gasteiger partial charge is 0.0797 e. The minimum Gasteiger partial charge on any atom is -0.390 e. The van der Waals surface area contributed by atoms with Crippen molar-refractivity contribution >= 4 is 11.3 Å². The standard InChI is InChI=1S/C8H13NOS/c1-6-7(11-5-9-6)4-8(2,3)10/h5,10H,4H2,1-3H3. The third kappa shape index (κ3) is 2.60. The molecule has 62 valence electrons. The van der Waals surface area contributed by atoms with Crippen LogP contribution >= 0.6 is 11.3 Å². The van der Waals surface area contributed by atoms with E-state index in [1.807, 2.05) is 26.3 Å². The van der Waals surface area contributed by atoms with Gasteiger partial charge in [0.15, 0.2) is 0 Å². The van der Waals surface area contributed by atoms with Gasteiger partial charge in [0, 0.05) is 11.3 Å². The van der Waals surface area contributed by atoms with Gasteiger partial charge in [-0.3, -0.25) is 0 Å². The molecule has 1 N–H and O–H groups in total. The molecule has 0 aliphatic rings. The molecule has 0 radical (unpaired) electrons. The van der Waals surface area contributed by atoms with Crippen LogP contribution in [0, 0.1) is 6.92 Å². The summed E-state index contributed by atoms with van der Waals surface area (Å²) in [6.07, 6.45) is 0.698. The molecule has 0 amide bonds. The number of aryl methyl sites for hydroxylation is 1. The van der Waals surface area contributed by atoms with E-state index in [2.05, 4.69) is 4.98 Å². The zero-order valence-corrected chi connectivity index (χ0v) is 7.90. The average Bonchev–Trinajstić information content (AvgIpc) is 2.12. The van der Waals surface area contributed by atoms with Crippen LogP contribution in [0.3, 0.4) is 0 Å². The number of hydrogen-bond donors (Lipinski definition) is 1. The number of aromatic nitrogens is 1. The minimum absolute atomic E-state index is 0.614. The summed E-state index contributed by atoms with van der Waals surface area (Å²) in [7, 11) is 0. The summed E-state index contributed by atoms with van der Waals surface area (Å²) in [6.45, 7) is 5.59. The van der Waals surface area contributed by atoms with Crippen LogP contribution in [0.4, 0.5) is 0 Å². The second-order valence-electron chi connectivity index (χ2n) is 3.35. The molecule has 0 fully saturated rings. The van der Waals surface area contributed by atoms with Crippen molar-refractivity contribution in [1.29, 1.82) is 0 Å². The maximum atomic E-state index is 9.49. The van der Waals surface area contributed by atoms with Crippen molar-refractivity contribution in [3.8, 4) is 0 Å². The quantitative estimate of drug-likeness (QED) is 0.735. The van der Waals surface area contributed by atoms with Crippen molar-refractivity contribution < 1.29 is 5.11 Å². The van der Waals surface area contributed by atoms with E-state index in [0.29, 0.717) is 6.42 Å². The fraction of sp³-hybridized carbons (Fsp3) is 0.625. The van der Waals surface area contributed by atoms with Crippen LogP contribution in [0.1, 0.15) is 24.4 Å². The van der Waals surface area contributed by atoms with Crippen LogP contribution in [0.2, 0.25) is 0 Å². The lowest BCUT2D eigenvalue weighted by Gasteiger charge is -2.15. The van der Waals surface area contributed by atoms with Gasteiger partial charge in [0.25, 0.3) is 0 Å². The van der Waals surface area contributed by atoms with E-state index in [4.69, 9.17) is 0 Å². The number of aliphatic hydroxyl groups is 1. The van der Waals surface area contributed by atoms with Gasteiger partial charge in [0.05, 0.1) is 16.8 Å². The van der Waals surface area contributed by atoms with Gasteiger partial charge in [-0.15, -0.1) is 11.3 Å². The largest absolute Gasteiger partial charge is 0.390 e. The molecular weight excluding hydrogens is 158 g/mol. The van der Waals surface area contributed by atoms with Gasteiger partial charge in [0.1, 0.15) is 0 Å². The molecule has 1 aromatic heterocycles. The summed E-state index contributed by atoms with van der Waals surface area (Å²) in [5.41, 5.74) is 2.24. The normalized spacial score (nSPS) is 12.0.